The Morgan fingerprint density at radius 2 is 1.60 bits per heavy atom. The molecule has 0 bridgehead atoms. The van der Waals surface area contributed by atoms with Crippen LogP contribution in [0.5, 0.6) is 0 Å². The molecule has 1 N–H and O–H groups in total. The molecule has 2 aromatic carbocycles. The fourth-order valence-corrected chi connectivity index (χ4v) is 3.94. The summed E-state index contributed by atoms with van der Waals surface area (Å²) in [5, 5.41) is 6.40. The van der Waals surface area contributed by atoms with Crippen LogP contribution in [0, 0.1) is 0 Å². The molecule has 3 aromatic heterocycles. The summed E-state index contributed by atoms with van der Waals surface area (Å²) in [7, 11) is 0. The maximum absolute atomic E-state index is 4.78. The van der Waals surface area contributed by atoms with Gasteiger partial charge in [-0.1, -0.05) is 42.5 Å². The molecule has 0 saturated heterocycles. The summed E-state index contributed by atoms with van der Waals surface area (Å²) in [6.07, 6.45) is 5.18. The highest BCUT2D eigenvalue weighted by Crippen LogP contribution is 2.30. The number of anilines is 2. The third-order valence-electron chi connectivity index (χ3n) is 4.58. The minimum Gasteiger partial charge on any atom is -0.340 e. The fourth-order valence-electron chi connectivity index (χ4n) is 3.12. The number of aromatic nitrogens is 4. The Kier molecular flexibility index (Phi) is 4.98. The first-order valence-corrected chi connectivity index (χ1v) is 10.3. The van der Waals surface area contributed by atoms with Crippen molar-refractivity contribution in [2.75, 3.05) is 5.32 Å². The topological polar surface area (TPSA) is 63.6 Å². The van der Waals surface area contributed by atoms with E-state index in [0.717, 1.165) is 44.6 Å². The summed E-state index contributed by atoms with van der Waals surface area (Å²) in [5.41, 5.74) is 5.89. The predicted octanol–water partition coefficient (Wildman–Crippen LogP) is 6.07. The van der Waals surface area contributed by atoms with Crippen LogP contribution in [0.4, 0.5) is 11.5 Å². The SMILES string of the molecule is c1ccc(-c2cc(Nc3cccc(-c4csc(-c5cccnc5)n4)c3)ncn2)cc1. The first kappa shape index (κ1) is 18.1. The molecule has 0 saturated carbocycles. The van der Waals surface area contributed by atoms with E-state index in [-0.39, 0.29) is 0 Å². The third kappa shape index (κ3) is 3.94. The van der Waals surface area contributed by atoms with Gasteiger partial charge in [0, 0.05) is 46.2 Å². The summed E-state index contributed by atoms with van der Waals surface area (Å²) < 4.78 is 0. The van der Waals surface area contributed by atoms with Gasteiger partial charge in [0.05, 0.1) is 11.4 Å². The number of thiazole rings is 1. The predicted molar refractivity (Wildman–Crippen MR) is 122 cm³/mol. The van der Waals surface area contributed by atoms with E-state index in [1.807, 2.05) is 66.9 Å². The Balaban J connectivity index is 1.39. The lowest BCUT2D eigenvalue weighted by Crippen LogP contribution is -1.95. The average molecular weight is 408 g/mol. The summed E-state index contributed by atoms with van der Waals surface area (Å²) in [5.74, 6) is 0.746. The van der Waals surface area contributed by atoms with E-state index in [1.54, 1.807) is 23.9 Å². The molecular formula is C24H17N5S. The first-order valence-electron chi connectivity index (χ1n) is 9.46. The van der Waals surface area contributed by atoms with Crippen LogP contribution in [0.25, 0.3) is 33.1 Å². The van der Waals surface area contributed by atoms with Crippen molar-refractivity contribution in [1.29, 1.82) is 0 Å². The molecule has 0 radical (unpaired) electrons. The second-order valence-electron chi connectivity index (χ2n) is 6.64. The van der Waals surface area contributed by atoms with E-state index in [1.165, 1.54) is 0 Å². The zero-order valence-corrected chi connectivity index (χ0v) is 16.8. The van der Waals surface area contributed by atoms with Crippen molar-refractivity contribution >= 4 is 22.8 Å². The van der Waals surface area contributed by atoms with Crippen molar-refractivity contribution in [2.24, 2.45) is 0 Å². The van der Waals surface area contributed by atoms with Gasteiger partial charge in [-0.2, -0.15) is 0 Å². The Morgan fingerprint density at radius 3 is 2.47 bits per heavy atom. The average Bonchev–Trinajstić information content (AvgIpc) is 3.31. The molecular weight excluding hydrogens is 390 g/mol. The lowest BCUT2D eigenvalue weighted by Gasteiger charge is -2.08. The molecule has 0 unspecified atom stereocenters. The third-order valence-corrected chi connectivity index (χ3v) is 5.47. The summed E-state index contributed by atoms with van der Waals surface area (Å²) in [6, 6.07) is 24.1. The largest absolute Gasteiger partial charge is 0.340 e. The highest BCUT2D eigenvalue weighted by Gasteiger charge is 2.08. The Hall–Kier alpha value is -3.90. The van der Waals surface area contributed by atoms with Crippen molar-refractivity contribution in [3.63, 3.8) is 0 Å². The molecule has 30 heavy (non-hydrogen) atoms. The van der Waals surface area contributed by atoms with Gasteiger partial charge in [-0.25, -0.2) is 15.0 Å². The maximum Gasteiger partial charge on any atom is 0.134 e. The number of nitrogens with zero attached hydrogens (tertiary/aromatic N) is 4. The Labute approximate surface area is 178 Å². The van der Waals surface area contributed by atoms with E-state index in [0.29, 0.717) is 0 Å². The molecule has 3 heterocycles. The molecule has 0 aliphatic carbocycles. The van der Waals surface area contributed by atoms with Crippen molar-refractivity contribution in [3.8, 4) is 33.1 Å². The van der Waals surface area contributed by atoms with Crippen LogP contribution in [0.1, 0.15) is 0 Å². The van der Waals surface area contributed by atoms with Crippen molar-refractivity contribution in [3.05, 3.63) is 96.9 Å². The standard InChI is InChI=1S/C24H17N5S/c1-2-6-17(7-3-1)21-13-23(27-16-26-21)28-20-10-4-8-18(12-20)22-15-30-24(29-22)19-9-5-11-25-14-19/h1-16H,(H,26,27,28). The van der Waals surface area contributed by atoms with Crippen molar-refractivity contribution in [1.82, 2.24) is 19.9 Å². The van der Waals surface area contributed by atoms with Gasteiger partial charge in [0.15, 0.2) is 0 Å². The highest BCUT2D eigenvalue weighted by molar-refractivity contribution is 7.13. The van der Waals surface area contributed by atoms with E-state index < -0.39 is 0 Å². The van der Waals surface area contributed by atoms with E-state index >= 15 is 0 Å². The van der Waals surface area contributed by atoms with Gasteiger partial charge >= 0.3 is 0 Å². The second kappa shape index (κ2) is 8.23. The van der Waals surface area contributed by atoms with Gasteiger partial charge in [0.1, 0.15) is 17.2 Å². The lowest BCUT2D eigenvalue weighted by atomic mass is 10.1. The lowest BCUT2D eigenvalue weighted by molar-refractivity contribution is 1.17. The molecule has 0 fully saturated rings. The minimum absolute atomic E-state index is 0.746. The number of nitrogens with one attached hydrogen (secondary N) is 1. The van der Waals surface area contributed by atoms with Crippen LogP contribution in [0.15, 0.2) is 96.9 Å². The fraction of sp³-hybridized carbons (Fsp3) is 0. The van der Waals surface area contributed by atoms with Crippen LogP contribution >= 0.6 is 11.3 Å². The van der Waals surface area contributed by atoms with Gasteiger partial charge in [0.25, 0.3) is 0 Å². The number of benzene rings is 2. The van der Waals surface area contributed by atoms with Crippen LogP contribution in [-0.2, 0) is 0 Å². The van der Waals surface area contributed by atoms with Crippen LogP contribution in [0.3, 0.4) is 0 Å². The second-order valence-corrected chi connectivity index (χ2v) is 7.50. The van der Waals surface area contributed by atoms with Gasteiger partial charge < -0.3 is 5.32 Å². The molecule has 144 valence electrons. The summed E-state index contributed by atoms with van der Waals surface area (Å²) >= 11 is 1.61. The highest BCUT2D eigenvalue weighted by atomic mass is 32.1. The van der Waals surface area contributed by atoms with Gasteiger partial charge in [-0.05, 0) is 24.3 Å². The van der Waals surface area contributed by atoms with Crippen LogP contribution in [0.2, 0.25) is 0 Å². The molecule has 5 aromatic rings. The molecule has 0 spiro atoms. The zero-order chi connectivity index (χ0) is 20.2. The van der Waals surface area contributed by atoms with Crippen LogP contribution in [-0.4, -0.2) is 19.9 Å². The normalized spacial score (nSPS) is 10.7. The summed E-state index contributed by atoms with van der Waals surface area (Å²) in [6.45, 7) is 0. The van der Waals surface area contributed by atoms with E-state index in [4.69, 9.17) is 4.98 Å². The van der Waals surface area contributed by atoms with Gasteiger partial charge in [-0.3, -0.25) is 4.98 Å². The number of hydrogen-bond acceptors (Lipinski definition) is 6. The van der Waals surface area contributed by atoms with Crippen molar-refractivity contribution < 1.29 is 0 Å². The van der Waals surface area contributed by atoms with E-state index in [2.05, 4.69) is 37.8 Å². The van der Waals surface area contributed by atoms with Gasteiger partial charge in [0.2, 0.25) is 0 Å². The van der Waals surface area contributed by atoms with E-state index in [9.17, 15) is 0 Å². The molecule has 6 heteroatoms. The minimum atomic E-state index is 0.746. The molecule has 0 amide bonds. The first-order chi connectivity index (χ1) is 14.8. The number of rotatable bonds is 5. The maximum atomic E-state index is 4.78. The molecule has 5 nitrogen and oxygen atoms in total. The quantitative estimate of drug-likeness (QED) is 0.383. The Bertz CT molecular complexity index is 1270. The smallest absolute Gasteiger partial charge is 0.134 e. The number of hydrogen-bond donors (Lipinski definition) is 1. The summed E-state index contributed by atoms with van der Waals surface area (Å²) in [4.78, 5) is 17.7. The molecule has 0 aliphatic rings. The number of pyridine rings is 1. The molecule has 0 atom stereocenters. The van der Waals surface area contributed by atoms with Gasteiger partial charge in [-0.15, -0.1) is 11.3 Å². The zero-order valence-electron chi connectivity index (χ0n) is 15.9. The monoisotopic (exact) mass is 407 g/mol. The Morgan fingerprint density at radius 1 is 0.733 bits per heavy atom. The molecule has 5 rings (SSSR count). The molecule has 0 aliphatic heterocycles. The van der Waals surface area contributed by atoms with Crippen molar-refractivity contribution in [2.45, 2.75) is 0 Å². The van der Waals surface area contributed by atoms with Crippen LogP contribution < -0.4 is 5.32 Å².